The van der Waals surface area contributed by atoms with Gasteiger partial charge in [0, 0.05) is 4.47 Å². The van der Waals surface area contributed by atoms with E-state index in [1.165, 1.54) is 12.1 Å². The molecule has 0 aliphatic heterocycles. The van der Waals surface area contributed by atoms with Crippen LogP contribution in [0.2, 0.25) is 0 Å². The van der Waals surface area contributed by atoms with Crippen LogP contribution in [0.25, 0.3) is 0 Å². The van der Waals surface area contributed by atoms with Gasteiger partial charge in [-0.05, 0) is 36.1 Å². The van der Waals surface area contributed by atoms with Crippen LogP contribution in [-0.4, -0.2) is 27.0 Å². The molecule has 0 spiro atoms. The monoisotopic (exact) mass is 391 g/mol. The number of sulfonamides is 1. The van der Waals surface area contributed by atoms with Gasteiger partial charge in [-0.25, -0.2) is 8.42 Å². The third-order valence-corrected chi connectivity index (χ3v) is 4.87. The van der Waals surface area contributed by atoms with E-state index in [1.807, 2.05) is 13.8 Å². The van der Waals surface area contributed by atoms with E-state index >= 15 is 0 Å². The molecule has 0 saturated heterocycles. The van der Waals surface area contributed by atoms with Gasteiger partial charge in [0.25, 0.3) is 0 Å². The van der Waals surface area contributed by atoms with E-state index in [1.54, 1.807) is 26.0 Å². The summed E-state index contributed by atoms with van der Waals surface area (Å²) in [6.07, 6.45) is 0. The van der Waals surface area contributed by atoms with Crippen molar-refractivity contribution in [3.8, 4) is 0 Å². The number of hydrogen-bond donors (Lipinski definition) is 1. The Balaban J connectivity index is 2.90. The molecule has 1 aromatic carbocycles. The molecule has 1 rings (SSSR count). The Labute approximate surface area is 140 Å². The molecule has 0 bridgehead atoms. The highest BCUT2D eigenvalue weighted by Crippen LogP contribution is 2.16. The van der Waals surface area contributed by atoms with E-state index in [9.17, 15) is 13.2 Å². The van der Waals surface area contributed by atoms with E-state index in [0.717, 1.165) is 4.47 Å². The first-order valence-electron chi connectivity index (χ1n) is 7.08. The van der Waals surface area contributed by atoms with Gasteiger partial charge in [-0.15, -0.1) is 0 Å². The summed E-state index contributed by atoms with van der Waals surface area (Å²) < 4.78 is 33.1. The van der Waals surface area contributed by atoms with E-state index in [-0.39, 0.29) is 23.3 Å². The van der Waals surface area contributed by atoms with Crippen molar-refractivity contribution < 1.29 is 17.9 Å². The van der Waals surface area contributed by atoms with Crippen LogP contribution in [0.5, 0.6) is 0 Å². The molecule has 1 N–H and O–H groups in total. The Morgan fingerprint density at radius 3 is 2.18 bits per heavy atom. The van der Waals surface area contributed by atoms with Crippen LogP contribution in [0.4, 0.5) is 0 Å². The third kappa shape index (κ3) is 5.70. The summed E-state index contributed by atoms with van der Waals surface area (Å²) in [4.78, 5) is 12.2. The van der Waals surface area contributed by atoms with E-state index in [0.29, 0.717) is 0 Å². The fourth-order valence-corrected chi connectivity index (χ4v) is 3.24. The van der Waals surface area contributed by atoms with Crippen LogP contribution in [0.1, 0.15) is 27.7 Å². The lowest BCUT2D eigenvalue weighted by atomic mass is 10.1. The van der Waals surface area contributed by atoms with Crippen LogP contribution in [0.15, 0.2) is 33.6 Å². The second kappa shape index (κ2) is 8.08. The van der Waals surface area contributed by atoms with Gasteiger partial charge < -0.3 is 4.74 Å². The molecule has 0 aliphatic rings. The Morgan fingerprint density at radius 2 is 1.73 bits per heavy atom. The fraction of sp³-hybridized carbons (Fsp3) is 0.533. The normalized spacial score (nSPS) is 13.4. The second-order valence-corrected chi connectivity index (χ2v) is 8.45. The maximum Gasteiger partial charge on any atom is 0.324 e. The topological polar surface area (TPSA) is 72.5 Å². The third-order valence-electron chi connectivity index (χ3n) is 2.89. The molecular formula is C15H22BrNO4S. The molecule has 22 heavy (non-hydrogen) atoms. The molecule has 0 heterocycles. The maximum absolute atomic E-state index is 12.4. The molecule has 5 nitrogen and oxygen atoms in total. The van der Waals surface area contributed by atoms with Gasteiger partial charge in [-0.1, -0.05) is 43.6 Å². The molecule has 1 atom stereocenters. The van der Waals surface area contributed by atoms with Gasteiger partial charge in [0.1, 0.15) is 6.04 Å². The lowest BCUT2D eigenvalue weighted by Gasteiger charge is -2.21. The van der Waals surface area contributed by atoms with Crippen LogP contribution in [0, 0.1) is 11.8 Å². The molecule has 0 aliphatic carbocycles. The number of nitrogens with one attached hydrogen (secondary N) is 1. The molecule has 1 unspecified atom stereocenters. The Morgan fingerprint density at radius 1 is 1.18 bits per heavy atom. The molecule has 0 aromatic heterocycles. The van der Waals surface area contributed by atoms with Crippen molar-refractivity contribution >= 4 is 31.9 Å². The minimum Gasteiger partial charge on any atom is -0.464 e. The highest BCUT2D eigenvalue weighted by atomic mass is 79.9. The zero-order valence-electron chi connectivity index (χ0n) is 13.2. The van der Waals surface area contributed by atoms with Crippen molar-refractivity contribution in [2.45, 2.75) is 38.6 Å². The van der Waals surface area contributed by atoms with Crippen LogP contribution in [0.3, 0.4) is 0 Å². The summed E-state index contributed by atoms with van der Waals surface area (Å²) in [7, 11) is -3.78. The number of rotatable bonds is 7. The van der Waals surface area contributed by atoms with E-state index in [2.05, 4.69) is 20.7 Å². The van der Waals surface area contributed by atoms with Gasteiger partial charge in [0.15, 0.2) is 0 Å². The molecule has 1 aromatic rings. The Hall–Kier alpha value is -0.920. The average molecular weight is 392 g/mol. The second-order valence-electron chi connectivity index (χ2n) is 5.82. The van der Waals surface area contributed by atoms with Crippen molar-refractivity contribution in [2.75, 3.05) is 6.61 Å². The highest BCUT2D eigenvalue weighted by Gasteiger charge is 2.29. The summed E-state index contributed by atoms with van der Waals surface area (Å²) in [6.45, 7) is 7.65. The van der Waals surface area contributed by atoms with Crippen molar-refractivity contribution in [3.63, 3.8) is 0 Å². The highest BCUT2D eigenvalue weighted by molar-refractivity contribution is 9.10. The summed E-state index contributed by atoms with van der Waals surface area (Å²) in [6, 6.07) is 5.31. The quantitative estimate of drug-likeness (QED) is 0.725. The van der Waals surface area contributed by atoms with Gasteiger partial charge in [0.2, 0.25) is 10.0 Å². The number of carbonyl (C=O) groups excluding carboxylic acids is 1. The average Bonchev–Trinajstić information content (AvgIpc) is 2.42. The Kier molecular flexibility index (Phi) is 7.02. The summed E-state index contributed by atoms with van der Waals surface area (Å²) in [5, 5.41) is 0. The standard InChI is InChI=1S/C15H22BrNO4S/c1-10(2)9-21-15(18)14(11(3)4)17-22(19,20)13-7-5-12(16)6-8-13/h5-8,10-11,14,17H,9H2,1-4H3. The predicted molar refractivity (Wildman–Crippen MR) is 88.9 cm³/mol. The molecule has 0 radical (unpaired) electrons. The number of carbonyl (C=O) groups is 1. The van der Waals surface area contributed by atoms with Gasteiger partial charge >= 0.3 is 5.97 Å². The molecule has 0 amide bonds. The largest absolute Gasteiger partial charge is 0.464 e. The minimum absolute atomic E-state index is 0.109. The summed E-state index contributed by atoms with van der Waals surface area (Å²) in [5.41, 5.74) is 0. The predicted octanol–water partition coefficient (Wildman–Crippen LogP) is 2.95. The molecule has 0 saturated carbocycles. The number of halogens is 1. The molecule has 7 heteroatoms. The van der Waals surface area contributed by atoms with Gasteiger partial charge in [-0.3, -0.25) is 4.79 Å². The first kappa shape index (κ1) is 19.1. The van der Waals surface area contributed by atoms with Gasteiger partial charge in [-0.2, -0.15) is 4.72 Å². The smallest absolute Gasteiger partial charge is 0.324 e. The fourth-order valence-electron chi connectivity index (χ4n) is 1.64. The number of hydrogen-bond acceptors (Lipinski definition) is 4. The van der Waals surface area contributed by atoms with E-state index in [4.69, 9.17) is 4.74 Å². The molecular weight excluding hydrogens is 370 g/mol. The molecule has 0 fully saturated rings. The maximum atomic E-state index is 12.4. The van der Waals surface area contributed by atoms with Gasteiger partial charge in [0.05, 0.1) is 11.5 Å². The van der Waals surface area contributed by atoms with Crippen molar-refractivity contribution in [1.82, 2.24) is 4.72 Å². The first-order valence-corrected chi connectivity index (χ1v) is 9.35. The lowest BCUT2D eigenvalue weighted by molar-refractivity contribution is -0.147. The first-order chi connectivity index (χ1) is 10.1. The summed E-state index contributed by atoms with van der Waals surface area (Å²) in [5.74, 6) is -0.575. The number of benzene rings is 1. The van der Waals surface area contributed by atoms with Crippen molar-refractivity contribution in [2.24, 2.45) is 11.8 Å². The Bertz CT molecular complexity index is 596. The molecule has 124 valence electrons. The number of ether oxygens (including phenoxy) is 1. The zero-order valence-corrected chi connectivity index (χ0v) is 15.6. The van der Waals surface area contributed by atoms with Crippen LogP contribution >= 0.6 is 15.9 Å². The van der Waals surface area contributed by atoms with Crippen molar-refractivity contribution in [3.05, 3.63) is 28.7 Å². The minimum atomic E-state index is -3.78. The van der Waals surface area contributed by atoms with E-state index < -0.39 is 22.0 Å². The zero-order chi connectivity index (χ0) is 16.9. The SMILES string of the molecule is CC(C)COC(=O)C(NS(=O)(=O)c1ccc(Br)cc1)C(C)C. The van der Waals surface area contributed by atoms with Crippen molar-refractivity contribution in [1.29, 1.82) is 0 Å². The number of esters is 1. The summed E-state index contributed by atoms with van der Waals surface area (Å²) >= 11 is 3.25. The van der Waals surface area contributed by atoms with Crippen LogP contribution < -0.4 is 4.72 Å². The lowest BCUT2D eigenvalue weighted by Crippen LogP contribution is -2.45. The van der Waals surface area contributed by atoms with Crippen LogP contribution in [-0.2, 0) is 19.6 Å².